The molecule has 2 aliphatic carbocycles. The number of aliphatic hydroxyl groups is 1. The van der Waals surface area contributed by atoms with Crippen molar-refractivity contribution in [2.45, 2.75) is 38.7 Å². The zero-order valence-electron chi connectivity index (χ0n) is 11.0. The molecule has 1 aromatic rings. The lowest BCUT2D eigenvalue weighted by atomic mass is 9.89. The molecule has 0 saturated heterocycles. The fourth-order valence-electron chi connectivity index (χ4n) is 3.93. The van der Waals surface area contributed by atoms with Gasteiger partial charge >= 0.3 is 0 Å². The lowest BCUT2D eigenvalue weighted by Crippen LogP contribution is -2.14. The molecule has 18 heavy (non-hydrogen) atoms. The van der Waals surface area contributed by atoms with Crippen LogP contribution in [0.1, 0.15) is 44.3 Å². The fraction of sp³-hybridized carbons (Fsp3) is 0.529. The van der Waals surface area contributed by atoms with Crippen molar-refractivity contribution in [2.24, 2.45) is 17.3 Å². The Morgan fingerprint density at radius 3 is 2.17 bits per heavy atom. The smallest absolute Gasteiger partial charge is 0.0849 e. The summed E-state index contributed by atoms with van der Waals surface area (Å²) < 4.78 is 0. The van der Waals surface area contributed by atoms with Gasteiger partial charge in [-0.05, 0) is 43.1 Å². The van der Waals surface area contributed by atoms with Crippen molar-refractivity contribution in [2.75, 3.05) is 0 Å². The van der Waals surface area contributed by atoms with Crippen molar-refractivity contribution >= 4 is 0 Å². The number of aliphatic hydroxyl groups excluding tert-OH is 1. The molecule has 3 rings (SSSR count). The second kappa shape index (κ2) is 4.55. The predicted octanol–water partition coefficient (Wildman–Crippen LogP) is 4.10. The predicted molar refractivity (Wildman–Crippen MR) is 74.1 cm³/mol. The van der Waals surface area contributed by atoms with E-state index < -0.39 is 0 Å². The van der Waals surface area contributed by atoms with Crippen LogP contribution in [0.5, 0.6) is 0 Å². The van der Waals surface area contributed by atoms with Gasteiger partial charge < -0.3 is 5.11 Å². The first-order valence-electron chi connectivity index (χ1n) is 7.12. The highest BCUT2D eigenvalue weighted by atomic mass is 16.3. The van der Waals surface area contributed by atoms with Crippen LogP contribution >= 0.6 is 0 Å². The molecular weight excluding hydrogens is 220 g/mol. The lowest BCUT2D eigenvalue weighted by molar-refractivity contribution is 0.0845. The Morgan fingerprint density at radius 2 is 1.61 bits per heavy atom. The van der Waals surface area contributed by atoms with E-state index >= 15 is 0 Å². The van der Waals surface area contributed by atoms with Gasteiger partial charge in [0.05, 0.1) is 6.10 Å². The number of fused-ring (bicyclic) bond motifs is 1. The van der Waals surface area contributed by atoms with E-state index in [1.165, 1.54) is 25.7 Å². The van der Waals surface area contributed by atoms with Gasteiger partial charge in [0.15, 0.2) is 0 Å². The van der Waals surface area contributed by atoms with E-state index in [1.54, 1.807) is 0 Å². The maximum Gasteiger partial charge on any atom is 0.0849 e. The zero-order valence-corrected chi connectivity index (χ0v) is 11.0. The summed E-state index contributed by atoms with van der Waals surface area (Å²) in [7, 11) is 0. The van der Waals surface area contributed by atoms with E-state index in [2.05, 4.69) is 31.2 Å². The van der Waals surface area contributed by atoms with Crippen LogP contribution in [0.25, 0.3) is 0 Å². The van der Waals surface area contributed by atoms with Gasteiger partial charge in [0.1, 0.15) is 0 Å². The summed E-state index contributed by atoms with van der Waals surface area (Å²) in [6, 6.07) is 10.2. The highest BCUT2D eigenvalue weighted by Gasteiger charge is 2.63. The second-order valence-corrected chi connectivity index (χ2v) is 6.02. The summed E-state index contributed by atoms with van der Waals surface area (Å²) in [6.07, 6.45) is 9.15. The van der Waals surface area contributed by atoms with Crippen molar-refractivity contribution < 1.29 is 5.11 Å². The Kier molecular flexibility index (Phi) is 3.03. The normalized spacial score (nSPS) is 38.1. The number of rotatable bonds is 2. The minimum Gasteiger partial charge on any atom is -0.388 e. The van der Waals surface area contributed by atoms with Gasteiger partial charge in [-0.1, -0.05) is 49.4 Å². The quantitative estimate of drug-likeness (QED) is 0.774. The topological polar surface area (TPSA) is 20.2 Å². The first kappa shape index (κ1) is 12.0. The molecule has 0 aliphatic heterocycles. The minimum absolute atomic E-state index is 0.105. The van der Waals surface area contributed by atoms with E-state index in [4.69, 9.17) is 0 Å². The average molecular weight is 242 g/mol. The molecule has 0 bridgehead atoms. The molecule has 2 aliphatic rings. The summed E-state index contributed by atoms with van der Waals surface area (Å²) in [6.45, 7) is 2.28. The summed E-state index contributed by atoms with van der Waals surface area (Å²) in [5.74, 6) is 1.41. The van der Waals surface area contributed by atoms with Crippen molar-refractivity contribution in [1.29, 1.82) is 0 Å². The van der Waals surface area contributed by atoms with Gasteiger partial charge in [-0.2, -0.15) is 0 Å². The minimum atomic E-state index is -0.299. The molecule has 1 aromatic carbocycles. The van der Waals surface area contributed by atoms with Crippen LogP contribution in [0.2, 0.25) is 0 Å². The maximum absolute atomic E-state index is 10.7. The van der Waals surface area contributed by atoms with E-state index in [0.717, 1.165) is 5.56 Å². The zero-order chi connectivity index (χ0) is 12.6. The standard InChI is InChI=1S/C17H22O/c1-17(16(18)13-9-5-4-6-10-13)14-11-7-2-3-8-12-15(14)17/h2-6,9-10,14-16,18H,7-8,11-12H2,1H3/b3-2-/t14-,15+,16-,17?/m0/s1. The molecule has 1 saturated carbocycles. The third-order valence-electron chi connectivity index (χ3n) is 5.13. The largest absolute Gasteiger partial charge is 0.388 e. The molecule has 0 radical (unpaired) electrons. The van der Waals surface area contributed by atoms with Gasteiger partial charge in [-0.25, -0.2) is 0 Å². The molecule has 4 atom stereocenters. The monoisotopic (exact) mass is 242 g/mol. The van der Waals surface area contributed by atoms with Gasteiger partial charge in [-0.3, -0.25) is 0 Å². The Hall–Kier alpha value is -1.08. The Labute approximate surface area is 110 Å². The van der Waals surface area contributed by atoms with Crippen LogP contribution in [-0.2, 0) is 0 Å². The molecule has 0 heterocycles. The number of hydrogen-bond acceptors (Lipinski definition) is 1. The third kappa shape index (κ3) is 1.81. The molecule has 1 N–H and O–H groups in total. The van der Waals surface area contributed by atoms with Crippen LogP contribution in [0.4, 0.5) is 0 Å². The second-order valence-electron chi connectivity index (χ2n) is 6.02. The number of benzene rings is 1. The molecular formula is C17H22O. The number of hydrogen-bond donors (Lipinski definition) is 1. The van der Waals surface area contributed by atoms with E-state index in [-0.39, 0.29) is 11.5 Å². The van der Waals surface area contributed by atoms with Crippen LogP contribution < -0.4 is 0 Å². The summed E-state index contributed by atoms with van der Waals surface area (Å²) >= 11 is 0. The first-order chi connectivity index (χ1) is 8.74. The van der Waals surface area contributed by atoms with E-state index in [0.29, 0.717) is 11.8 Å². The van der Waals surface area contributed by atoms with Crippen molar-refractivity contribution in [1.82, 2.24) is 0 Å². The average Bonchev–Trinajstić information content (AvgIpc) is 2.92. The summed E-state index contributed by atoms with van der Waals surface area (Å²) in [5, 5.41) is 10.7. The molecule has 96 valence electrons. The van der Waals surface area contributed by atoms with Crippen LogP contribution in [0, 0.1) is 17.3 Å². The Morgan fingerprint density at radius 1 is 1.06 bits per heavy atom. The highest BCUT2D eigenvalue weighted by molar-refractivity contribution is 5.25. The SMILES string of the molecule is CC1([C@@H](O)c2ccccc2)[C@@H]2CC/C=C\CC[C@@H]21. The van der Waals surface area contributed by atoms with Gasteiger partial charge in [0, 0.05) is 5.41 Å². The Bertz CT molecular complexity index is 418. The van der Waals surface area contributed by atoms with E-state index in [9.17, 15) is 5.11 Å². The molecule has 0 spiro atoms. The van der Waals surface area contributed by atoms with Gasteiger partial charge in [-0.15, -0.1) is 0 Å². The molecule has 0 amide bonds. The summed E-state index contributed by atoms with van der Waals surface area (Å²) in [5.41, 5.74) is 1.19. The van der Waals surface area contributed by atoms with Crippen LogP contribution in [-0.4, -0.2) is 5.11 Å². The highest BCUT2D eigenvalue weighted by Crippen LogP contribution is 2.68. The van der Waals surface area contributed by atoms with Crippen molar-refractivity contribution in [3.63, 3.8) is 0 Å². The molecule has 1 fully saturated rings. The first-order valence-corrected chi connectivity index (χ1v) is 7.12. The fourth-order valence-corrected chi connectivity index (χ4v) is 3.93. The molecule has 0 aromatic heterocycles. The van der Waals surface area contributed by atoms with E-state index in [1.807, 2.05) is 18.2 Å². The van der Waals surface area contributed by atoms with Gasteiger partial charge in [0.2, 0.25) is 0 Å². The molecule has 1 nitrogen and oxygen atoms in total. The van der Waals surface area contributed by atoms with Gasteiger partial charge in [0.25, 0.3) is 0 Å². The molecule has 1 heteroatoms. The third-order valence-corrected chi connectivity index (χ3v) is 5.13. The Balaban J connectivity index is 1.80. The maximum atomic E-state index is 10.7. The van der Waals surface area contributed by atoms with Crippen molar-refractivity contribution in [3.05, 3.63) is 48.0 Å². The lowest BCUT2D eigenvalue weighted by Gasteiger charge is -2.21. The summed E-state index contributed by atoms with van der Waals surface area (Å²) in [4.78, 5) is 0. The molecule has 1 unspecified atom stereocenters. The van der Waals surface area contributed by atoms with Crippen LogP contribution in [0.15, 0.2) is 42.5 Å². The number of allylic oxidation sites excluding steroid dienone is 2. The van der Waals surface area contributed by atoms with Crippen LogP contribution in [0.3, 0.4) is 0 Å². The van der Waals surface area contributed by atoms with Crippen molar-refractivity contribution in [3.8, 4) is 0 Å².